The number of imide groups is 1. The van der Waals surface area contributed by atoms with Crippen LogP contribution < -0.4 is 9.64 Å². The predicted molar refractivity (Wildman–Crippen MR) is 143 cm³/mol. The molecule has 5 aromatic rings. The van der Waals surface area contributed by atoms with Crippen molar-refractivity contribution in [3.63, 3.8) is 0 Å². The Morgan fingerprint density at radius 2 is 1.24 bits per heavy atom. The van der Waals surface area contributed by atoms with E-state index in [9.17, 15) is 14.4 Å². The number of fused-ring (bicyclic) bond motifs is 2. The summed E-state index contributed by atoms with van der Waals surface area (Å²) in [4.78, 5) is 47.8. The van der Waals surface area contributed by atoms with Gasteiger partial charge in [0.1, 0.15) is 5.75 Å². The van der Waals surface area contributed by atoms with E-state index in [0.717, 1.165) is 33.2 Å². The van der Waals surface area contributed by atoms with E-state index in [1.807, 2.05) is 62.4 Å². The largest absolute Gasteiger partial charge is 0.427 e. The zero-order chi connectivity index (χ0) is 25.8. The summed E-state index contributed by atoms with van der Waals surface area (Å²) < 4.78 is 5.22. The molecule has 7 nitrogen and oxygen atoms in total. The standard InChI is InChI=1S/C30H23N3O4/c1-16-25(21-11-4-6-13-23(21)31-16)27-28(26-17(2)32-24-14-7-5-12-22(24)26)30(36)33(29(27)35)19-9-8-10-20(15-19)37-18(3)34/h4-15,31-32H,1-3H3. The molecule has 0 aliphatic carbocycles. The van der Waals surface area contributed by atoms with Gasteiger partial charge in [0.2, 0.25) is 0 Å². The molecule has 182 valence electrons. The van der Waals surface area contributed by atoms with Crippen molar-refractivity contribution < 1.29 is 19.1 Å². The molecule has 0 bridgehead atoms. The molecular formula is C30H23N3O4. The highest BCUT2D eigenvalue weighted by Crippen LogP contribution is 2.44. The van der Waals surface area contributed by atoms with Crippen molar-refractivity contribution >= 4 is 56.4 Å². The average molecular weight is 490 g/mol. The molecule has 2 amide bonds. The summed E-state index contributed by atoms with van der Waals surface area (Å²) in [6.07, 6.45) is 0. The van der Waals surface area contributed by atoms with Crippen molar-refractivity contribution in [3.05, 3.63) is 95.3 Å². The Labute approximate surface area is 212 Å². The molecule has 3 aromatic carbocycles. The number of amides is 2. The molecule has 6 rings (SSSR count). The van der Waals surface area contributed by atoms with Crippen LogP contribution in [0.3, 0.4) is 0 Å². The zero-order valence-corrected chi connectivity index (χ0v) is 20.5. The van der Waals surface area contributed by atoms with Crippen LogP contribution in [0.2, 0.25) is 0 Å². The van der Waals surface area contributed by atoms with Gasteiger partial charge in [-0.2, -0.15) is 0 Å². The second-order valence-electron chi connectivity index (χ2n) is 9.13. The Morgan fingerprint density at radius 3 is 1.76 bits per heavy atom. The van der Waals surface area contributed by atoms with Crippen LogP contribution in [0.4, 0.5) is 5.69 Å². The molecule has 1 aliphatic rings. The number of hydrogen-bond donors (Lipinski definition) is 2. The van der Waals surface area contributed by atoms with Gasteiger partial charge in [-0.15, -0.1) is 0 Å². The zero-order valence-electron chi connectivity index (χ0n) is 20.5. The number of esters is 1. The van der Waals surface area contributed by atoms with Crippen LogP contribution in [-0.2, 0) is 14.4 Å². The number of carbonyl (C=O) groups excluding carboxylic acids is 3. The van der Waals surface area contributed by atoms with Crippen LogP contribution in [0.5, 0.6) is 5.75 Å². The van der Waals surface area contributed by atoms with Gasteiger partial charge in [0.25, 0.3) is 11.8 Å². The van der Waals surface area contributed by atoms with Crippen molar-refractivity contribution in [1.29, 1.82) is 0 Å². The maximum absolute atomic E-state index is 14.2. The number of anilines is 1. The van der Waals surface area contributed by atoms with Gasteiger partial charge in [-0.1, -0.05) is 42.5 Å². The van der Waals surface area contributed by atoms with E-state index in [-0.39, 0.29) is 5.75 Å². The SMILES string of the molecule is CC(=O)Oc1cccc(N2C(=O)C(c3c(C)[nH]c4ccccc34)=C(c3c(C)[nH]c4ccccc34)C2=O)c1. The van der Waals surface area contributed by atoms with E-state index in [4.69, 9.17) is 4.74 Å². The molecule has 0 spiro atoms. The van der Waals surface area contributed by atoms with E-state index < -0.39 is 17.8 Å². The highest BCUT2D eigenvalue weighted by molar-refractivity contribution is 6.58. The number of rotatable bonds is 4. The fourth-order valence-corrected chi connectivity index (χ4v) is 5.28. The molecule has 2 aromatic heterocycles. The molecule has 1 aliphatic heterocycles. The van der Waals surface area contributed by atoms with Crippen molar-refractivity contribution in [1.82, 2.24) is 9.97 Å². The number of ether oxygens (including phenoxy) is 1. The van der Waals surface area contributed by atoms with E-state index in [0.29, 0.717) is 28.0 Å². The van der Waals surface area contributed by atoms with Crippen LogP contribution in [-0.4, -0.2) is 27.8 Å². The monoisotopic (exact) mass is 489 g/mol. The van der Waals surface area contributed by atoms with Gasteiger partial charge < -0.3 is 14.7 Å². The van der Waals surface area contributed by atoms with Gasteiger partial charge in [-0.25, -0.2) is 4.90 Å². The summed E-state index contributed by atoms with van der Waals surface area (Å²) in [6, 6.07) is 21.9. The third-order valence-electron chi connectivity index (χ3n) is 6.71. The predicted octanol–water partition coefficient (Wildman–Crippen LogP) is 5.68. The number of aryl methyl sites for hydroxylation is 2. The third-order valence-corrected chi connectivity index (χ3v) is 6.71. The lowest BCUT2D eigenvalue weighted by molar-refractivity contribution is -0.131. The maximum atomic E-state index is 14.2. The third kappa shape index (κ3) is 3.47. The van der Waals surface area contributed by atoms with Crippen LogP contribution in [0.1, 0.15) is 29.4 Å². The van der Waals surface area contributed by atoms with Crippen LogP contribution in [0.15, 0.2) is 72.8 Å². The van der Waals surface area contributed by atoms with Gasteiger partial charge in [0.15, 0.2) is 0 Å². The van der Waals surface area contributed by atoms with Gasteiger partial charge >= 0.3 is 5.97 Å². The topological polar surface area (TPSA) is 95.3 Å². The quantitative estimate of drug-likeness (QED) is 0.193. The number of para-hydroxylation sites is 2. The lowest BCUT2D eigenvalue weighted by Crippen LogP contribution is -2.31. The highest BCUT2D eigenvalue weighted by Gasteiger charge is 2.43. The number of hydrogen-bond acceptors (Lipinski definition) is 4. The number of H-pyrrole nitrogens is 2. The van der Waals surface area contributed by atoms with E-state index in [1.54, 1.807) is 18.2 Å². The molecule has 7 heteroatoms. The Morgan fingerprint density at radius 1 is 0.730 bits per heavy atom. The smallest absolute Gasteiger partial charge is 0.308 e. The van der Waals surface area contributed by atoms with Crippen LogP contribution in [0, 0.1) is 13.8 Å². The van der Waals surface area contributed by atoms with Crippen molar-refractivity contribution in [2.45, 2.75) is 20.8 Å². The average Bonchev–Trinajstić information content (AvgIpc) is 3.45. The number of benzene rings is 3. The second kappa shape index (κ2) is 8.34. The first-order chi connectivity index (χ1) is 17.8. The molecule has 0 fully saturated rings. The fraction of sp³-hybridized carbons (Fsp3) is 0.100. The van der Waals surface area contributed by atoms with Gasteiger partial charge in [-0.05, 0) is 38.1 Å². The van der Waals surface area contributed by atoms with Crippen molar-refractivity contribution in [3.8, 4) is 5.75 Å². The normalized spacial score (nSPS) is 13.9. The lowest BCUT2D eigenvalue weighted by atomic mass is 9.93. The molecule has 2 N–H and O–H groups in total. The summed E-state index contributed by atoms with van der Waals surface area (Å²) in [5, 5.41) is 1.73. The molecule has 0 saturated carbocycles. The van der Waals surface area contributed by atoms with Gasteiger partial charge in [0.05, 0.1) is 16.8 Å². The Bertz CT molecular complexity index is 1700. The maximum Gasteiger partial charge on any atom is 0.308 e. The number of carbonyl (C=O) groups is 3. The van der Waals surface area contributed by atoms with Crippen LogP contribution in [0.25, 0.3) is 33.0 Å². The van der Waals surface area contributed by atoms with E-state index in [1.165, 1.54) is 17.9 Å². The Balaban J connectivity index is 1.64. The first-order valence-electron chi connectivity index (χ1n) is 11.9. The Kier molecular flexibility index (Phi) is 5.08. The molecule has 0 unspecified atom stereocenters. The van der Waals surface area contributed by atoms with Crippen molar-refractivity contribution in [2.24, 2.45) is 0 Å². The Hall–Kier alpha value is -4.91. The molecule has 0 radical (unpaired) electrons. The van der Waals surface area contributed by atoms with Crippen molar-refractivity contribution in [2.75, 3.05) is 4.90 Å². The molecule has 3 heterocycles. The fourth-order valence-electron chi connectivity index (χ4n) is 5.28. The van der Waals surface area contributed by atoms with E-state index >= 15 is 0 Å². The summed E-state index contributed by atoms with van der Waals surface area (Å²) in [5.74, 6) is -1.10. The minimum Gasteiger partial charge on any atom is -0.427 e. The number of nitrogens with zero attached hydrogens (tertiary/aromatic N) is 1. The summed E-state index contributed by atoms with van der Waals surface area (Å²) in [6.45, 7) is 5.11. The molecule has 0 atom stereocenters. The molecule has 37 heavy (non-hydrogen) atoms. The minimum absolute atomic E-state index is 0.257. The number of aromatic amines is 2. The molecular weight excluding hydrogens is 466 g/mol. The second-order valence-corrected chi connectivity index (χ2v) is 9.13. The number of nitrogens with one attached hydrogen (secondary N) is 2. The van der Waals surface area contributed by atoms with Gasteiger partial charge in [0, 0.05) is 57.3 Å². The first-order valence-corrected chi connectivity index (χ1v) is 11.9. The highest BCUT2D eigenvalue weighted by atomic mass is 16.5. The summed E-state index contributed by atoms with van der Waals surface area (Å²) >= 11 is 0. The van der Waals surface area contributed by atoms with Crippen LogP contribution >= 0.6 is 0 Å². The van der Waals surface area contributed by atoms with E-state index in [2.05, 4.69) is 9.97 Å². The summed E-state index contributed by atoms with van der Waals surface area (Å²) in [5.41, 5.74) is 5.76. The number of aromatic nitrogens is 2. The van der Waals surface area contributed by atoms with Gasteiger partial charge in [-0.3, -0.25) is 14.4 Å². The first kappa shape index (κ1) is 22.5. The lowest BCUT2D eigenvalue weighted by Gasteiger charge is -2.16. The summed E-state index contributed by atoms with van der Waals surface area (Å²) in [7, 11) is 0. The molecule has 0 saturated heterocycles. The minimum atomic E-state index is -0.487.